The van der Waals surface area contributed by atoms with Gasteiger partial charge in [0.05, 0.1) is 16.6 Å². The highest BCUT2D eigenvalue weighted by atomic mass is 32.2. The Morgan fingerprint density at radius 3 is 2.42 bits per heavy atom. The molecule has 6 rings (SSSR count). The molecule has 5 aromatic rings. The summed E-state index contributed by atoms with van der Waals surface area (Å²) in [6.45, 7) is 2.76. The third-order valence-corrected chi connectivity index (χ3v) is 8.74. The first-order valence-corrected chi connectivity index (χ1v) is 13.6. The van der Waals surface area contributed by atoms with Gasteiger partial charge >= 0.3 is 0 Å². The van der Waals surface area contributed by atoms with E-state index < -0.39 is 16.1 Å². The van der Waals surface area contributed by atoms with Crippen LogP contribution in [-0.4, -0.2) is 50.4 Å². The van der Waals surface area contributed by atoms with E-state index in [0.29, 0.717) is 27.9 Å². The summed E-state index contributed by atoms with van der Waals surface area (Å²) in [5, 5.41) is 11.8. The number of piperidine rings is 1. The van der Waals surface area contributed by atoms with E-state index in [2.05, 4.69) is 44.1 Å². The fraction of sp³-hybridized carbons (Fsp3) is 0.259. The third kappa shape index (κ3) is 4.09. The Bertz CT molecular complexity index is 1610. The minimum Gasteiger partial charge on any atom is -0.385 e. The number of benzene rings is 2. The molecule has 4 heterocycles. The summed E-state index contributed by atoms with van der Waals surface area (Å²) in [7, 11) is -3.78. The zero-order valence-corrected chi connectivity index (χ0v) is 20.5. The van der Waals surface area contributed by atoms with Gasteiger partial charge in [0, 0.05) is 18.1 Å². The molecule has 3 aromatic heterocycles. The molecule has 0 spiro atoms. The Morgan fingerprint density at radius 2 is 1.69 bits per heavy atom. The van der Waals surface area contributed by atoms with Crippen LogP contribution in [0.4, 0.5) is 0 Å². The van der Waals surface area contributed by atoms with E-state index in [1.807, 2.05) is 6.07 Å². The number of imidazole rings is 1. The van der Waals surface area contributed by atoms with Crippen molar-refractivity contribution in [3.8, 4) is 0 Å². The van der Waals surface area contributed by atoms with E-state index >= 15 is 0 Å². The molecule has 0 radical (unpaired) electrons. The number of nitrogens with zero attached hydrogens (tertiary/aromatic N) is 4. The zero-order valence-electron chi connectivity index (χ0n) is 19.7. The molecule has 1 unspecified atom stereocenters. The van der Waals surface area contributed by atoms with Crippen LogP contribution >= 0.6 is 0 Å². The molecule has 9 heteroatoms. The summed E-state index contributed by atoms with van der Waals surface area (Å²) in [6.07, 6.45) is 4.11. The van der Waals surface area contributed by atoms with Crippen molar-refractivity contribution in [2.75, 3.05) is 13.1 Å². The summed E-state index contributed by atoms with van der Waals surface area (Å²) in [5.74, 6) is 0.601. The second kappa shape index (κ2) is 9.16. The second-order valence-corrected chi connectivity index (χ2v) is 11.2. The number of aliphatic hydroxyl groups is 1. The van der Waals surface area contributed by atoms with Crippen LogP contribution in [-0.2, 0) is 16.6 Å². The van der Waals surface area contributed by atoms with Gasteiger partial charge in [-0.25, -0.2) is 22.4 Å². The molecule has 1 saturated heterocycles. The van der Waals surface area contributed by atoms with E-state index in [0.717, 1.165) is 32.5 Å². The molecule has 1 aliphatic rings. The summed E-state index contributed by atoms with van der Waals surface area (Å²) in [4.78, 5) is 14.9. The molecule has 1 fully saturated rings. The van der Waals surface area contributed by atoms with Crippen LogP contribution in [0.25, 0.3) is 22.1 Å². The highest BCUT2D eigenvalue weighted by Crippen LogP contribution is 2.33. The van der Waals surface area contributed by atoms with Crippen molar-refractivity contribution in [1.82, 2.24) is 23.8 Å². The number of rotatable bonds is 6. The molecule has 2 aromatic carbocycles. The largest absolute Gasteiger partial charge is 0.385 e. The summed E-state index contributed by atoms with van der Waals surface area (Å²) >= 11 is 0. The van der Waals surface area contributed by atoms with Crippen molar-refractivity contribution in [2.45, 2.75) is 30.4 Å². The van der Waals surface area contributed by atoms with Crippen molar-refractivity contribution in [2.24, 2.45) is 5.92 Å². The van der Waals surface area contributed by atoms with Crippen LogP contribution in [0.3, 0.4) is 0 Å². The number of aliphatic hydroxyl groups excluding tert-OH is 1. The fourth-order valence-electron chi connectivity index (χ4n) is 5.09. The van der Waals surface area contributed by atoms with Crippen molar-refractivity contribution >= 4 is 32.1 Å². The molecular weight excluding hydrogens is 474 g/mol. The number of aromatic nitrogens is 4. The monoisotopic (exact) mass is 501 g/mol. The van der Waals surface area contributed by atoms with Crippen LogP contribution in [0.5, 0.6) is 0 Å². The first-order valence-electron chi connectivity index (χ1n) is 12.1. The molecule has 36 heavy (non-hydrogen) atoms. The maximum atomic E-state index is 13.2. The van der Waals surface area contributed by atoms with E-state index in [4.69, 9.17) is 0 Å². The van der Waals surface area contributed by atoms with Crippen molar-refractivity contribution < 1.29 is 13.5 Å². The molecule has 8 nitrogen and oxygen atoms in total. The van der Waals surface area contributed by atoms with Crippen LogP contribution in [0.2, 0.25) is 0 Å². The minimum atomic E-state index is -3.78. The number of nitrogens with one attached hydrogen (secondary N) is 1. The molecule has 1 atom stereocenters. The Hall–Kier alpha value is -3.53. The third-order valence-electron chi connectivity index (χ3n) is 7.06. The van der Waals surface area contributed by atoms with Gasteiger partial charge in [-0.15, -0.1) is 0 Å². The summed E-state index contributed by atoms with van der Waals surface area (Å²) in [5.41, 5.74) is 2.90. The maximum Gasteiger partial charge on any atom is 0.269 e. The number of H-pyrrole nitrogens is 1. The highest BCUT2D eigenvalue weighted by molar-refractivity contribution is 7.90. The lowest BCUT2D eigenvalue weighted by molar-refractivity contribution is 0.0517. The molecule has 0 aliphatic carbocycles. The first-order chi connectivity index (χ1) is 17.5. The van der Waals surface area contributed by atoms with Crippen molar-refractivity contribution in [3.63, 3.8) is 0 Å². The number of likely N-dealkylation sites (tertiary alicyclic amines) is 1. The predicted molar refractivity (Wildman–Crippen MR) is 138 cm³/mol. The van der Waals surface area contributed by atoms with Gasteiger partial charge in [-0.1, -0.05) is 48.5 Å². The van der Waals surface area contributed by atoms with E-state index in [1.54, 1.807) is 42.6 Å². The molecule has 0 saturated carbocycles. The first kappa shape index (κ1) is 22.9. The van der Waals surface area contributed by atoms with Crippen LogP contribution in [0.15, 0.2) is 84.0 Å². The summed E-state index contributed by atoms with van der Waals surface area (Å²) < 4.78 is 27.5. The minimum absolute atomic E-state index is 0.101. The number of hydrogen-bond acceptors (Lipinski definition) is 6. The topological polar surface area (TPSA) is 104 Å². The van der Waals surface area contributed by atoms with Gasteiger partial charge in [0.25, 0.3) is 10.0 Å². The van der Waals surface area contributed by atoms with Gasteiger partial charge in [-0.3, -0.25) is 4.90 Å². The van der Waals surface area contributed by atoms with Crippen molar-refractivity contribution in [3.05, 3.63) is 90.5 Å². The Labute approximate surface area is 209 Å². The SMILES string of the molecule is O=S(=O)(c1ccccc1)n1ccc2c3[nH]c(C(O)C4CCN(Cc5ccccc5)CC4)nc3cnc21. The number of hydrogen-bond donors (Lipinski definition) is 2. The lowest BCUT2D eigenvalue weighted by atomic mass is 9.90. The standard InChI is InChI=1S/C27H27N5O3S/c33-25(20-11-14-31(15-12-20)18-19-7-3-1-4-8-19)26-29-23-17-28-27-22(24(23)30-26)13-16-32(27)36(34,35)21-9-5-2-6-10-21/h1-10,13,16-17,20,25,33H,11-12,14-15,18H2,(H,29,30). The smallest absolute Gasteiger partial charge is 0.269 e. The fourth-order valence-corrected chi connectivity index (χ4v) is 6.41. The number of aromatic amines is 1. The number of pyridine rings is 1. The normalized spacial score (nSPS) is 16.6. The molecule has 184 valence electrons. The Kier molecular flexibility index (Phi) is 5.83. The Morgan fingerprint density at radius 1 is 1.00 bits per heavy atom. The van der Waals surface area contributed by atoms with Crippen LogP contribution in [0.1, 0.15) is 30.3 Å². The lowest BCUT2D eigenvalue weighted by Gasteiger charge is -2.33. The van der Waals surface area contributed by atoms with Gasteiger partial charge < -0.3 is 10.1 Å². The molecule has 2 N–H and O–H groups in total. The quantitative estimate of drug-likeness (QED) is 0.363. The Balaban J connectivity index is 1.23. The average Bonchev–Trinajstić information content (AvgIpc) is 3.55. The van der Waals surface area contributed by atoms with Gasteiger partial charge in [-0.2, -0.15) is 0 Å². The molecular formula is C27H27N5O3S. The lowest BCUT2D eigenvalue weighted by Crippen LogP contribution is -2.35. The van der Waals surface area contributed by atoms with Gasteiger partial charge in [0.1, 0.15) is 17.4 Å². The average molecular weight is 502 g/mol. The predicted octanol–water partition coefficient (Wildman–Crippen LogP) is 4.10. The van der Waals surface area contributed by atoms with Gasteiger partial charge in [-0.05, 0) is 55.6 Å². The van der Waals surface area contributed by atoms with Crippen LogP contribution < -0.4 is 0 Å². The second-order valence-electron chi connectivity index (χ2n) is 9.35. The molecule has 1 aliphatic heterocycles. The highest BCUT2D eigenvalue weighted by Gasteiger charge is 2.29. The molecule has 0 bridgehead atoms. The number of fused-ring (bicyclic) bond motifs is 3. The van der Waals surface area contributed by atoms with Gasteiger partial charge in [0.2, 0.25) is 0 Å². The zero-order chi connectivity index (χ0) is 24.7. The maximum absolute atomic E-state index is 13.2. The van der Waals surface area contributed by atoms with Crippen molar-refractivity contribution in [1.29, 1.82) is 0 Å². The molecule has 0 amide bonds. The van der Waals surface area contributed by atoms with Gasteiger partial charge in [0.15, 0.2) is 5.65 Å². The van der Waals surface area contributed by atoms with E-state index in [-0.39, 0.29) is 10.8 Å². The van der Waals surface area contributed by atoms with Crippen LogP contribution in [0, 0.1) is 5.92 Å². The van der Waals surface area contributed by atoms with E-state index in [1.165, 1.54) is 15.7 Å². The summed E-state index contributed by atoms with van der Waals surface area (Å²) in [6, 6.07) is 20.4. The van der Waals surface area contributed by atoms with E-state index in [9.17, 15) is 13.5 Å².